The fraction of sp³-hybridized carbons (Fsp3) is 0.571. The molecule has 2 N–H and O–H groups in total. The molecule has 3 nitrogen and oxygen atoms in total. The number of rotatable bonds is 1. The molecule has 0 saturated carbocycles. The van der Waals surface area contributed by atoms with Crippen molar-refractivity contribution < 1.29 is 4.79 Å². The van der Waals surface area contributed by atoms with Gasteiger partial charge in [0.25, 0.3) is 0 Å². The van der Waals surface area contributed by atoms with E-state index in [1.807, 2.05) is 0 Å². The molecule has 0 bridgehead atoms. The van der Waals surface area contributed by atoms with E-state index in [4.69, 9.17) is 0 Å². The second kappa shape index (κ2) is 2.84. The van der Waals surface area contributed by atoms with Gasteiger partial charge in [0.05, 0.1) is 6.04 Å². The molecular formula is C7H12N2O. The zero-order valence-electron chi connectivity index (χ0n) is 6.11. The maximum atomic E-state index is 10.9. The van der Waals surface area contributed by atoms with Gasteiger partial charge in [-0.25, -0.2) is 0 Å². The maximum absolute atomic E-state index is 10.9. The minimum absolute atomic E-state index is 0.0440. The van der Waals surface area contributed by atoms with Crippen molar-refractivity contribution in [2.75, 3.05) is 13.6 Å². The summed E-state index contributed by atoms with van der Waals surface area (Å²) in [4.78, 5) is 10.9. The fourth-order valence-corrected chi connectivity index (χ4v) is 1.06. The Kier molecular flexibility index (Phi) is 2.06. The molecule has 1 atom stereocenters. The Morgan fingerprint density at radius 2 is 2.60 bits per heavy atom. The molecule has 1 heterocycles. The molecule has 3 heteroatoms. The number of carbonyl (C=O) groups excluding carboxylic acids is 1. The Bertz CT molecular complexity index is 165. The van der Waals surface area contributed by atoms with E-state index in [-0.39, 0.29) is 11.9 Å². The van der Waals surface area contributed by atoms with Gasteiger partial charge in [-0.1, -0.05) is 12.2 Å². The lowest BCUT2D eigenvalue weighted by molar-refractivity contribution is -0.122. The lowest BCUT2D eigenvalue weighted by Crippen LogP contribution is -2.38. The summed E-state index contributed by atoms with van der Waals surface area (Å²) in [7, 11) is 1.64. The number of likely N-dealkylation sites (N-methyl/N-ethyl adjacent to an activating group) is 1. The number of amides is 1. The molecule has 0 aliphatic carbocycles. The number of carbonyl (C=O) groups is 1. The number of nitrogens with one attached hydrogen (secondary N) is 2. The first kappa shape index (κ1) is 7.28. The van der Waals surface area contributed by atoms with Crippen molar-refractivity contribution in [2.45, 2.75) is 12.5 Å². The van der Waals surface area contributed by atoms with Crippen molar-refractivity contribution in [2.24, 2.45) is 0 Å². The number of hydrogen-bond donors (Lipinski definition) is 2. The maximum Gasteiger partial charge on any atom is 0.237 e. The Hall–Kier alpha value is -0.830. The standard InChI is InChI=1S/C7H12N2O/c1-5-3-6(9-4-5)7(10)8-2/h6,9H,1,3-4H2,2H3,(H,8,10)/t6-/m0/s1. The van der Waals surface area contributed by atoms with E-state index < -0.39 is 0 Å². The van der Waals surface area contributed by atoms with Crippen molar-refractivity contribution in [3.8, 4) is 0 Å². The quantitative estimate of drug-likeness (QED) is 0.489. The summed E-state index contributed by atoms with van der Waals surface area (Å²) in [5.41, 5.74) is 1.11. The molecular weight excluding hydrogens is 128 g/mol. The predicted octanol–water partition coefficient (Wildman–Crippen LogP) is -0.350. The summed E-state index contributed by atoms with van der Waals surface area (Å²) >= 11 is 0. The highest BCUT2D eigenvalue weighted by Crippen LogP contribution is 2.09. The molecule has 1 fully saturated rings. The molecule has 56 valence electrons. The van der Waals surface area contributed by atoms with Crippen LogP contribution in [0.2, 0.25) is 0 Å². The third-order valence-electron chi connectivity index (χ3n) is 1.65. The van der Waals surface area contributed by atoms with Crippen molar-refractivity contribution >= 4 is 5.91 Å². The SMILES string of the molecule is C=C1CN[C@H](C(=O)NC)C1. The molecule has 0 spiro atoms. The minimum Gasteiger partial charge on any atom is -0.358 e. The van der Waals surface area contributed by atoms with E-state index in [0.717, 1.165) is 18.5 Å². The Morgan fingerprint density at radius 3 is 3.00 bits per heavy atom. The Labute approximate surface area is 60.5 Å². The van der Waals surface area contributed by atoms with Crippen LogP contribution >= 0.6 is 0 Å². The fourth-order valence-electron chi connectivity index (χ4n) is 1.06. The van der Waals surface area contributed by atoms with Crippen molar-refractivity contribution in [1.82, 2.24) is 10.6 Å². The van der Waals surface area contributed by atoms with Gasteiger partial charge in [-0.2, -0.15) is 0 Å². The topological polar surface area (TPSA) is 41.1 Å². The number of hydrogen-bond acceptors (Lipinski definition) is 2. The van der Waals surface area contributed by atoms with Gasteiger partial charge < -0.3 is 10.6 Å². The van der Waals surface area contributed by atoms with Crippen LogP contribution in [0, 0.1) is 0 Å². The zero-order chi connectivity index (χ0) is 7.56. The van der Waals surface area contributed by atoms with Crippen LogP contribution in [-0.2, 0) is 4.79 Å². The van der Waals surface area contributed by atoms with Gasteiger partial charge >= 0.3 is 0 Å². The molecule has 1 aliphatic heterocycles. The Balaban J connectivity index is 2.44. The van der Waals surface area contributed by atoms with Gasteiger partial charge in [0, 0.05) is 13.6 Å². The van der Waals surface area contributed by atoms with E-state index in [9.17, 15) is 4.79 Å². The van der Waals surface area contributed by atoms with Crippen LogP contribution in [0.25, 0.3) is 0 Å². The third kappa shape index (κ3) is 1.36. The highest BCUT2D eigenvalue weighted by atomic mass is 16.2. The van der Waals surface area contributed by atoms with Crippen LogP contribution in [-0.4, -0.2) is 25.5 Å². The first-order valence-corrected chi connectivity index (χ1v) is 3.35. The van der Waals surface area contributed by atoms with Crippen LogP contribution in [0.15, 0.2) is 12.2 Å². The van der Waals surface area contributed by atoms with E-state index in [0.29, 0.717) is 0 Å². The van der Waals surface area contributed by atoms with Crippen LogP contribution in [0.4, 0.5) is 0 Å². The molecule has 0 unspecified atom stereocenters. The summed E-state index contributed by atoms with van der Waals surface area (Å²) in [5.74, 6) is 0.0543. The summed E-state index contributed by atoms with van der Waals surface area (Å²) < 4.78 is 0. The molecule has 1 saturated heterocycles. The lowest BCUT2D eigenvalue weighted by atomic mass is 10.2. The van der Waals surface area contributed by atoms with Crippen LogP contribution in [0.1, 0.15) is 6.42 Å². The van der Waals surface area contributed by atoms with E-state index in [1.54, 1.807) is 7.05 Å². The van der Waals surface area contributed by atoms with E-state index in [1.165, 1.54) is 0 Å². The van der Waals surface area contributed by atoms with Gasteiger partial charge in [0.1, 0.15) is 0 Å². The largest absolute Gasteiger partial charge is 0.358 e. The van der Waals surface area contributed by atoms with Gasteiger partial charge in [-0.15, -0.1) is 0 Å². The molecule has 0 radical (unpaired) electrons. The van der Waals surface area contributed by atoms with Crippen molar-refractivity contribution in [1.29, 1.82) is 0 Å². The third-order valence-corrected chi connectivity index (χ3v) is 1.65. The highest BCUT2D eigenvalue weighted by Gasteiger charge is 2.22. The highest BCUT2D eigenvalue weighted by molar-refractivity contribution is 5.82. The van der Waals surface area contributed by atoms with Crippen molar-refractivity contribution in [3.63, 3.8) is 0 Å². The molecule has 1 aliphatic rings. The average molecular weight is 140 g/mol. The van der Waals surface area contributed by atoms with Gasteiger partial charge in [0.2, 0.25) is 5.91 Å². The van der Waals surface area contributed by atoms with Crippen LogP contribution in [0.5, 0.6) is 0 Å². The Morgan fingerprint density at radius 1 is 1.90 bits per heavy atom. The molecule has 0 aromatic heterocycles. The minimum atomic E-state index is -0.0440. The zero-order valence-corrected chi connectivity index (χ0v) is 6.11. The molecule has 0 aromatic carbocycles. The van der Waals surface area contributed by atoms with E-state index in [2.05, 4.69) is 17.2 Å². The summed E-state index contributed by atoms with van der Waals surface area (Å²) in [6.07, 6.45) is 0.777. The second-order valence-electron chi connectivity index (χ2n) is 2.50. The first-order chi connectivity index (χ1) is 4.74. The monoisotopic (exact) mass is 140 g/mol. The second-order valence-corrected chi connectivity index (χ2v) is 2.50. The van der Waals surface area contributed by atoms with Gasteiger partial charge in [-0.3, -0.25) is 4.79 Å². The molecule has 1 amide bonds. The van der Waals surface area contributed by atoms with Crippen LogP contribution < -0.4 is 10.6 Å². The molecule has 1 rings (SSSR count). The smallest absolute Gasteiger partial charge is 0.237 e. The van der Waals surface area contributed by atoms with E-state index >= 15 is 0 Å². The van der Waals surface area contributed by atoms with Crippen molar-refractivity contribution in [3.05, 3.63) is 12.2 Å². The van der Waals surface area contributed by atoms with Gasteiger partial charge in [-0.05, 0) is 6.42 Å². The average Bonchev–Trinajstić information content (AvgIpc) is 2.34. The normalized spacial score (nSPS) is 24.9. The first-order valence-electron chi connectivity index (χ1n) is 3.35. The molecule has 10 heavy (non-hydrogen) atoms. The summed E-state index contributed by atoms with van der Waals surface area (Å²) in [6, 6.07) is -0.0440. The predicted molar refractivity (Wildman–Crippen MR) is 39.6 cm³/mol. The molecule has 0 aromatic rings. The van der Waals surface area contributed by atoms with Gasteiger partial charge in [0.15, 0.2) is 0 Å². The summed E-state index contributed by atoms with van der Waals surface area (Å²) in [5, 5.41) is 5.63. The lowest BCUT2D eigenvalue weighted by Gasteiger charge is -2.05. The summed E-state index contributed by atoms with van der Waals surface area (Å²) in [6.45, 7) is 4.55. The van der Waals surface area contributed by atoms with Crippen LogP contribution in [0.3, 0.4) is 0 Å².